The molecular weight excluding hydrogens is 366 g/mol. The Morgan fingerprint density at radius 2 is 2.04 bits per heavy atom. The highest BCUT2D eigenvalue weighted by molar-refractivity contribution is 7.98. The van der Waals surface area contributed by atoms with Crippen LogP contribution in [0, 0.1) is 16.0 Å². The largest absolute Gasteiger partial charge is 0.495 e. The Hall–Kier alpha value is -1.51. The van der Waals surface area contributed by atoms with E-state index in [4.69, 9.17) is 10.5 Å². The Balaban J connectivity index is 0.00000576. The van der Waals surface area contributed by atoms with Gasteiger partial charge in [0.2, 0.25) is 0 Å². The summed E-state index contributed by atoms with van der Waals surface area (Å²) in [5.41, 5.74) is 5.81. The van der Waals surface area contributed by atoms with Crippen molar-refractivity contribution in [2.45, 2.75) is 31.2 Å². The molecule has 0 aromatic heterocycles. The van der Waals surface area contributed by atoms with Crippen molar-refractivity contribution in [1.82, 2.24) is 4.90 Å². The Labute approximate surface area is 158 Å². The van der Waals surface area contributed by atoms with Crippen molar-refractivity contribution in [3.63, 3.8) is 0 Å². The van der Waals surface area contributed by atoms with Gasteiger partial charge in [-0.05, 0) is 24.7 Å². The first kappa shape index (κ1) is 23.5. The van der Waals surface area contributed by atoms with Crippen LogP contribution in [0.3, 0.4) is 0 Å². The number of hydrogen-bond donors (Lipinski definition) is 1. The monoisotopic (exact) mass is 391 g/mol. The number of benzene rings is 1. The molecule has 7 nitrogen and oxygen atoms in total. The van der Waals surface area contributed by atoms with Crippen molar-refractivity contribution in [3.8, 4) is 5.75 Å². The fourth-order valence-corrected chi connectivity index (χ4v) is 2.75. The van der Waals surface area contributed by atoms with Crippen LogP contribution in [0.1, 0.15) is 30.6 Å². The second-order valence-corrected chi connectivity index (χ2v) is 6.75. The number of carbonyl (C=O) groups excluding carboxylic acids is 1. The van der Waals surface area contributed by atoms with E-state index >= 15 is 0 Å². The van der Waals surface area contributed by atoms with E-state index in [1.54, 1.807) is 7.05 Å². The summed E-state index contributed by atoms with van der Waals surface area (Å²) >= 11 is 1.37. The van der Waals surface area contributed by atoms with E-state index in [1.807, 2.05) is 20.1 Å². The molecule has 0 spiro atoms. The zero-order valence-electron chi connectivity index (χ0n) is 15.1. The summed E-state index contributed by atoms with van der Waals surface area (Å²) in [7, 11) is 3.07. The van der Waals surface area contributed by atoms with Crippen molar-refractivity contribution >= 4 is 35.8 Å². The Kier molecular flexibility index (Phi) is 9.84. The lowest BCUT2D eigenvalue weighted by Gasteiger charge is -2.22. The first-order valence-electron chi connectivity index (χ1n) is 7.64. The normalized spacial score (nSPS) is 11.6. The van der Waals surface area contributed by atoms with E-state index in [1.165, 1.54) is 35.9 Å². The number of nitro groups is 1. The Morgan fingerprint density at radius 3 is 2.48 bits per heavy atom. The number of hydrogen-bond acceptors (Lipinski definition) is 6. The number of halogens is 1. The summed E-state index contributed by atoms with van der Waals surface area (Å²) in [5, 5.41) is 11.3. The Morgan fingerprint density at radius 1 is 1.44 bits per heavy atom. The van der Waals surface area contributed by atoms with Crippen LogP contribution >= 0.6 is 24.2 Å². The molecule has 0 fully saturated rings. The van der Waals surface area contributed by atoms with Crippen molar-refractivity contribution in [1.29, 1.82) is 0 Å². The van der Waals surface area contributed by atoms with Crippen LogP contribution in [0.25, 0.3) is 0 Å². The van der Waals surface area contributed by atoms with Gasteiger partial charge in [-0.1, -0.05) is 13.8 Å². The molecule has 142 valence electrons. The summed E-state index contributed by atoms with van der Waals surface area (Å²) in [5.74, 6) is 0.303. The predicted molar refractivity (Wildman–Crippen MR) is 103 cm³/mol. The number of nitrogens with zero attached hydrogens (tertiary/aromatic N) is 2. The Bertz CT molecular complexity index is 613. The summed E-state index contributed by atoms with van der Waals surface area (Å²) in [6, 6.07) is 2.79. The topological polar surface area (TPSA) is 98.7 Å². The van der Waals surface area contributed by atoms with Gasteiger partial charge in [0.25, 0.3) is 11.6 Å². The third-order valence-corrected chi connectivity index (χ3v) is 4.69. The molecule has 0 heterocycles. The number of amides is 1. The minimum Gasteiger partial charge on any atom is -0.495 e. The average Bonchev–Trinajstić information content (AvgIpc) is 2.56. The van der Waals surface area contributed by atoms with Crippen LogP contribution in [0.15, 0.2) is 17.0 Å². The fourth-order valence-electron chi connectivity index (χ4n) is 2.17. The number of methoxy groups -OCH3 is 1. The number of ether oxygens (including phenoxy) is 1. The van der Waals surface area contributed by atoms with Crippen LogP contribution in [-0.4, -0.2) is 48.7 Å². The quantitative estimate of drug-likeness (QED) is 0.415. The molecule has 0 radical (unpaired) electrons. The van der Waals surface area contributed by atoms with Gasteiger partial charge in [0.15, 0.2) is 0 Å². The maximum atomic E-state index is 12.7. The van der Waals surface area contributed by atoms with Gasteiger partial charge in [0.05, 0.1) is 23.0 Å². The first-order chi connectivity index (χ1) is 11.2. The standard InChI is InChI=1S/C16H25N3O4S.ClH/c1-10(2)12(17)6-7-18(3)16(20)11-8-15(24-5)14(23-4)9-13(11)19(21)22;/h8-10,12H,6-7,17H2,1-5H3;1H. The van der Waals surface area contributed by atoms with E-state index in [-0.39, 0.29) is 29.7 Å². The molecule has 0 saturated carbocycles. The van der Waals surface area contributed by atoms with Crippen LogP contribution in [-0.2, 0) is 0 Å². The van der Waals surface area contributed by atoms with Gasteiger partial charge in [0.1, 0.15) is 11.3 Å². The van der Waals surface area contributed by atoms with E-state index in [0.717, 1.165) is 0 Å². The number of nitrogens with two attached hydrogens (primary N) is 1. The zero-order chi connectivity index (χ0) is 18.4. The molecule has 1 aromatic rings. The molecular formula is C16H26ClN3O4S. The molecule has 1 atom stereocenters. The van der Waals surface area contributed by atoms with Gasteiger partial charge in [-0.3, -0.25) is 14.9 Å². The minimum absolute atomic E-state index is 0. The minimum atomic E-state index is -0.562. The molecule has 1 rings (SSSR count). The van der Waals surface area contributed by atoms with Gasteiger partial charge in [0, 0.05) is 19.6 Å². The van der Waals surface area contributed by atoms with Gasteiger partial charge in [-0.25, -0.2) is 0 Å². The van der Waals surface area contributed by atoms with Crippen molar-refractivity contribution in [2.75, 3.05) is 27.0 Å². The second-order valence-electron chi connectivity index (χ2n) is 5.90. The second kappa shape index (κ2) is 10.5. The maximum Gasteiger partial charge on any atom is 0.285 e. The molecule has 0 aliphatic heterocycles. The SMILES string of the molecule is COc1cc([N+](=O)[O-])c(C(=O)N(C)CCC(N)C(C)C)cc1SC.Cl. The predicted octanol–water partition coefficient (Wildman–Crippen LogP) is 3.19. The molecule has 1 unspecified atom stereocenters. The highest BCUT2D eigenvalue weighted by Crippen LogP contribution is 2.34. The lowest BCUT2D eigenvalue weighted by Crippen LogP contribution is -2.34. The van der Waals surface area contributed by atoms with Gasteiger partial charge in [-0.15, -0.1) is 24.2 Å². The third kappa shape index (κ3) is 6.05. The average molecular weight is 392 g/mol. The third-order valence-electron chi connectivity index (χ3n) is 3.93. The maximum absolute atomic E-state index is 12.7. The highest BCUT2D eigenvalue weighted by atomic mass is 35.5. The molecule has 0 saturated heterocycles. The lowest BCUT2D eigenvalue weighted by atomic mass is 10.0. The summed E-state index contributed by atoms with van der Waals surface area (Å²) in [6.45, 7) is 4.48. The number of rotatable bonds is 8. The molecule has 2 N–H and O–H groups in total. The molecule has 25 heavy (non-hydrogen) atoms. The van der Waals surface area contributed by atoms with Crippen molar-refractivity contribution in [2.24, 2.45) is 11.7 Å². The van der Waals surface area contributed by atoms with Crippen molar-refractivity contribution < 1.29 is 14.5 Å². The molecule has 0 bridgehead atoms. The van der Waals surface area contributed by atoms with Crippen LogP contribution < -0.4 is 10.5 Å². The lowest BCUT2D eigenvalue weighted by molar-refractivity contribution is -0.385. The van der Waals surface area contributed by atoms with E-state index in [9.17, 15) is 14.9 Å². The van der Waals surface area contributed by atoms with Crippen molar-refractivity contribution in [3.05, 3.63) is 27.8 Å². The zero-order valence-corrected chi connectivity index (χ0v) is 16.8. The molecule has 9 heteroatoms. The van der Waals surface area contributed by atoms with E-state index < -0.39 is 10.8 Å². The molecule has 1 aromatic carbocycles. The summed E-state index contributed by atoms with van der Waals surface area (Å²) in [4.78, 5) is 25.6. The molecule has 1 amide bonds. The first-order valence-corrected chi connectivity index (χ1v) is 8.86. The van der Waals surface area contributed by atoms with Crippen LogP contribution in [0.4, 0.5) is 5.69 Å². The summed E-state index contributed by atoms with van der Waals surface area (Å²) in [6.07, 6.45) is 2.46. The number of nitro benzene ring substituents is 1. The fraction of sp³-hybridized carbons (Fsp3) is 0.562. The van der Waals surface area contributed by atoms with Crippen LogP contribution in [0.2, 0.25) is 0 Å². The molecule has 0 aliphatic carbocycles. The number of thioether (sulfide) groups is 1. The van der Waals surface area contributed by atoms with Gasteiger partial charge >= 0.3 is 0 Å². The number of carbonyl (C=O) groups is 1. The van der Waals surface area contributed by atoms with Gasteiger partial charge in [-0.2, -0.15) is 0 Å². The highest BCUT2D eigenvalue weighted by Gasteiger charge is 2.26. The van der Waals surface area contributed by atoms with Gasteiger partial charge < -0.3 is 15.4 Å². The molecule has 0 aliphatic rings. The van der Waals surface area contributed by atoms with Crippen LogP contribution in [0.5, 0.6) is 5.75 Å². The smallest absolute Gasteiger partial charge is 0.285 e. The van der Waals surface area contributed by atoms with E-state index in [0.29, 0.717) is 29.5 Å². The summed E-state index contributed by atoms with van der Waals surface area (Å²) < 4.78 is 5.16. The van der Waals surface area contributed by atoms with E-state index in [2.05, 4.69) is 0 Å².